The molecule has 1 heterocycles. The van der Waals surface area contributed by atoms with Crippen LogP contribution in [0.25, 0.3) is 0 Å². The molecule has 11 heavy (non-hydrogen) atoms. The van der Waals surface area contributed by atoms with Crippen LogP contribution in [0.15, 0.2) is 17.5 Å². The zero-order chi connectivity index (χ0) is 8.10. The third-order valence-electron chi connectivity index (χ3n) is 1.41. The van der Waals surface area contributed by atoms with E-state index >= 15 is 0 Å². The summed E-state index contributed by atoms with van der Waals surface area (Å²) in [7, 11) is 0. The molecule has 0 aliphatic carbocycles. The van der Waals surface area contributed by atoms with Crippen LogP contribution in [0.1, 0.15) is 11.8 Å². The minimum absolute atomic E-state index is 0.164. The van der Waals surface area contributed by atoms with Gasteiger partial charge in [0, 0.05) is 11.4 Å². The van der Waals surface area contributed by atoms with Gasteiger partial charge in [-0.15, -0.1) is 17.8 Å². The molecule has 1 unspecified atom stereocenters. The molecule has 0 fully saturated rings. The van der Waals surface area contributed by atoms with Gasteiger partial charge in [-0.25, -0.2) is 0 Å². The topological polar surface area (TPSA) is 12.0 Å². The highest BCUT2D eigenvalue weighted by atomic mass is 32.1. The Hall–Kier alpha value is -0.780. The van der Waals surface area contributed by atoms with Crippen molar-refractivity contribution in [2.24, 2.45) is 0 Å². The summed E-state index contributed by atoms with van der Waals surface area (Å²) in [6, 6.07) is 4.31. The predicted molar refractivity (Wildman–Crippen MR) is 49.5 cm³/mol. The third kappa shape index (κ3) is 2.75. The van der Waals surface area contributed by atoms with Crippen molar-refractivity contribution in [3.05, 3.63) is 22.4 Å². The largest absolute Gasteiger partial charge is 0.299 e. The lowest BCUT2D eigenvalue weighted by molar-refractivity contribution is 0.654. The highest BCUT2D eigenvalue weighted by molar-refractivity contribution is 7.09. The van der Waals surface area contributed by atoms with Gasteiger partial charge in [-0.05, 0) is 18.4 Å². The van der Waals surface area contributed by atoms with Crippen LogP contribution in [-0.2, 0) is 6.54 Å². The molecule has 2 heteroatoms. The Kier molecular flexibility index (Phi) is 3.15. The molecule has 0 saturated carbocycles. The molecule has 1 nitrogen and oxygen atoms in total. The molecule has 1 N–H and O–H groups in total. The Balaban J connectivity index is 2.30. The molecule has 1 aromatic rings. The second kappa shape index (κ2) is 4.17. The van der Waals surface area contributed by atoms with Crippen LogP contribution in [0, 0.1) is 12.3 Å². The number of nitrogens with one attached hydrogen (secondary N) is 1. The normalized spacial score (nSPS) is 12.4. The lowest BCUT2D eigenvalue weighted by Crippen LogP contribution is -2.22. The van der Waals surface area contributed by atoms with E-state index in [0.29, 0.717) is 0 Å². The number of terminal acetylenes is 1. The number of hydrogen-bond acceptors (Lipinski definition) is 2. The fraction of sp³-hybridized carbons (Fsp3) is 0.333. The molecule has 0 spiro atoms. The first-order chi connectivity index (χ1) is 5.33. The fourth-order valence-corrected chi connectivity index (χ4v) is 1.38. The second-order valence-electron chi connectivity index (χ2n) is 2.35. The zero-order valence-corrected chi connectivity index (χ0v) is 7.32. The summed E-state index contributed by atoms with van der Waals surface area (Å²) in [5.41, 5.74) is 0. The molecule has 0 aliphatic heterocycles. The molecule has 0 aliphatic rings. The van der Waals surface area contributed by atoms with Crippen LogP contribution >= 0.6 is 11.3 Å². The maximum absolute atomic E-state index is 5.20. The minimum Gasteiger partial charge on any atom is -0.299 e. The van der Waals surface area contributed by atoms with Crippen LogP contribution in [0.3, 0.4) is 0 Å². The Labute approximate surface area is 71.4 Å². The van der Waals surface area contributed by atoms with E-state index in [1.165, 1.54) is 4.88 Å². The third-order valence-corrected chi connectivity index (χ3v) is 2.29. The van der Waals surface area contributed by atoms with Crippen LogP contribution in [0.4, 0.5) is 0 Å². The first kappa shape index (κ1) is 8.32. The fourth-order valence-electron chi connectivity index (χ4n) is 0.726. The molecular formula is C9H11NS. The van der Waals surface area contributed by atoms with Gasteiger partial charge < -0.3 is 0 Å². The number of thiophene rings is 1. The summed E-state index contributed by atoms with van der Waals surface area (Å²) < 4.78 is 0. The molecule has 0 saturated heterocycles. The molecule has 0 radical (unpaired) electrons. The summed E-state index contributed by atoms with van der Waals surface area (Å²) in [4.78, 5) is 1.33. The van der Waals surface area contributed by atoms with E-state index in [1.807, 2.05) is 13.0 Å². The van der Waals surface area contributed by atoms with Crippen molar-refractivity contribution in [1.29, 1.82) is 0 Å². The van der Waals surface area contributed by atoms with E-state index in [-0.39, 0.29) is 6.04 Å². The molecule has 1 aromatic heterocycles. The van der Waals surface area contributed by atoms with Crippen LogP contribution in [0.5, 0.6) is 0 Å². The van der Waals surface area contributed by atoms with E-state index in [2.05, 4.69) is 22.7 Å². The van der Waals surface area contributed by atoms with Gasteiger partial charge in [-0.2, -0.15) is 0 Å². The Morgan fingerprint density at radius 1 is 1.82 bits per heavy atom. The van der Waals surface area contributed by atoms with Crippen LogP contribution < -0.4 is 5.32 Å². The zero-order valence-electron chi connectivity index (χ0n) is 6.50. The number of hydrogen-bond donors (Lipinski definition) is 1. The molecule has 0 aromatic carbocycles. The van der Waals surface area contributed by atoms with Gasteiger partial charge in [0.25, 0.3) is 0 Å². The van der Waals surface area contributed by atoms with Gasteiger partial charge in [0.15, 0.2) is 0 Å². The maximum Gasteiger partial charge on any atom is 0.0661 e. The highest BCUT2D eigenvalue weighted by Gasteiger charge is 1.95. The lowest BCUT2D eigenvalue weighted by atomic mass is 10.3. The standard InChI is InChI=1S/C9H11NS/c1-3-8(2)10-7-9-5-4-6-11-9/h1,4-6,8,10H,7H2,2H3. The summed E-state index contributed by atoms with van der Waals surface area (Å²) in [6.07, 6.45) is 5.20. The average Bonchev–Trinajstić information content (AvgIpc) is 2.52. The first-order valence-corrected chi connectivity index (χ1v) is 4.43. The van der Waals surface area contributed by atoms with Crippen molar-refractivity contribution in [3.8, 4) is 12.3 Å². The average molecular weight is 165 g/mol. The minimum atomic E-state index is 0.164. The summed E-state index contributed by atoms with van der Waals surface area (Å²) in [6.45, 7) is 2.86. The summed E-state index contributed by atoms with van der Waals surface area (Å²) >= 11 is 1.74. The van der Waals surface area contributed by atoms with Crippen molar-refractivity contribution in [3.63, 3.8) is 0 Å². The Morgan fingerprint density at radius 2 is 2.64 bits per heavy atom. The maximum atomic E-state index is 5.20. The van der Waals surface area contributed by atoms with Crippen molar-refractivity contribution < 1.29 is 0 Å². The summed E-state index contributed by atoms with van der Waals surface area (Å²) in [5.74, 6) is 2.62. The predicted octanol–water partition coefficient (Wildman–Crippen LogP) is 1.86. The first-order valence-electron chi connectivity index (χ1n) is 3.55. The monoisotopic (exact) mass is 165 g/mol. The SMILES string of the molecule is C#CC(C)NCc1cccs1. The number of rotatable bonds is 3. The molecule has 1 rings (SSSR count). The molecule has 0 bridgehead atoms. The van der Waals surface area contributed by atoms with Crippen molar-refractivity contribution in [2.75, 3.05) is 0 Å². The molecule has 58 valence electrons. The van der Waals surface area contributed by atoms with E-state index < -0.39 is 0 Å². The lowest BCUT2D eigenvalue weighted by Gasteiger charge is -2.04. The molecule has 1 atom stereocenters. The second-order valence-corrected chi connectivity index (χ2v) is 3.38. The van der Waals surface area contributed by atoms with Gasteiger partial charge in [-0.1, -0.05) is 12.0 Å². The van der Waals surface area contributed by atoms with Gasteiger partial charge in [0.05, 0.1) is 6.04 Å². The van der Waals surface area contributed by atoms with Crippen molar-refractivity contribution in [1.82, 2.24) is 5.32 Å². The van der Waals surface area contributed by atoms with E-state index in [1.54, 1.807) is 11.3 Å². The Bertz CT molecular complexity index is 233. The van der Waals surface area contributed by atoms with Gasteiger partial charge in [0.2, 0.25) is 0 Å². The molecule has 0 amide bonds. The smallest absolute Gasteiger partial charge is 0.0661 e. The summed E-state index contributed by atoms with van der Waals surface area (Å²) in [5, 5.41) is 5.28. The van der Waals surface area contributed by atoms with E-state index in [9.17, 15) is 0 Å². The van der Waals surface area contributed by atoms with E-state index in [0.717, 1.165) is 6.54 Å². The molecular weight excluding hydrogens is 154 g/mol. The van der Waals surface area contributed by atoms with Crippen LogP contribution in [0.2, 0.25) is 0 Å². The van der Waals surface area contributed by atoms with Gasteiger partial charge >= 0.3 is 0 Å². The van der Waals surface area contributed by atoms with Crippen LogP contribution in [-0.4, -0.2) is 6.04 Å². The Morgan fingerprint density at radius 3 is 3.18 bits per heavy atom. The van der Waals surface area contributed by atoms with Gasteiger partial charge in [0.1, 0.15) is 0 Å². The quantitative estimate of drug-likeness (QED) is 0.674. The van der Waals surface area contributed by atoms with Crippen molar-refractivity contribution in [2.45, 2.75) is 19.5 Å². The van der Waals surface area contributed by atoms with Gasteiger partial charge in [-0.3, -0.25) is 5.32 Å². The van der Waals surface area contributed by atoms with Crippen molar-refractivity contribution >= 4 is 11.3 Å². The highest BCUT2D eigenvalue weighted by Crippen LogP contribution is 2.07. The van der Waals surface area contributed by atoms with E-state index in [4.69, 9.17) is 6.42 Å².